The summed E-state index contributed by atoms with van der Waals surface area (Å²) >= 11 is 0. The van der Waals surface area contributed by atoms with Crippen LogP contribution in [0, 0.1) is 0 Å². The first kappa shape index (κ1) is 17.0. The highest BCUT2D eigenvalue weighted by atomic mass is 16.5. The second kappa shape index (κ2) is 7.05. The number of carbonyl (C=O) groups is 1. The Morgan fingerprint density at radius 2 is 2.04 bits per heavy atom. The average Bonchev–Trinajstić information content (AvgIpc) is 3.02. The molecule has 26 heavy (non-hydrogen) atoms. The first-order chi connectivity index (χ1) is 12.7. The number of carbonyl (C=O) groups excluding carboxylic acids is 1. The Kier molecular flexibility index (Phi) is 4.61. The lowest BCUT2D eigenvalue weighted by Crippen LogP contribution is -2.43. The Balaban J connectivity index is 1.74. The van der Waals surface area contributed by atoms with Crippen LogP contribution in [-0.4, -0.2) is 65.6 Å². The Hall–Kier alpha value is -2.44. The number of hydrogen-bond donors (Lipinski definition) is 1. The van der Waals surface area contributed by atoms with Gasteiger partial charge in [0.2, 0.25) is 0 Å². The molecule has 4 rings (SSSR count). The van der Waals surface area contributed by atoms with E-state index in [2.05, 4.69) is 45.0 Å². The molecule has 6 heteroatoms. The van der Waals surface area contributed by atoms with Crippen LogP contribution in [0.5, 0.6) is 0 Å². The third kappa shape index (κ3) is 3.18. The minimum absolute atomic E-state index is 0.348. The largest absolute Gasteiger partial charge is 0.461 e. The zero-order valence-electron chi connectivity index (χ0n) is 15.3. The minimum atomic E-state index is -0.375. The third-order valence-corrected chi connectivity index (χ3v) is 5.07. The summed E-state index contributed by atoms with van der Waals surface area (Å²) in [5.41, 5.74) is 3.65. The van der Waals surface area contributed by atoms with Gasteiger partial charge in [0.1, 0.15) is 5.69 Å². The molecule has 1 N–H and O–H groups in total. The molecular formula is C20H24N4O2. The molecule has 0 bridgehead atoms. The van der Waals surface area contributed by atoms with Crippen molar-refractivity contribution in [3.8, 4) is 0 Å². The smallest absolute Gasteiger partial charge is 0.356 e. The van der Waals surface area contributed by atoms with E-state index in [1.807, 2.05) is 6.07 Å². The molecule has 0 spiro atoms. The number of piperazine rings is 1. The fourth-order valence-electron chi connectivity index (χ4n) is 3.62. The predicted octanol–water partition coefficient (Wildman–Crippen LogP) is 2.64. The maximum absolute atomic E-state index is 12.1. The number of aromatic amines is 1. The number of likely N-dealkylation sites (N-methyl/N-ethyl adjacent to an activating group) is 1. The SMILES string of the molecule is CCOC(=O)c1cc2c(cn1)[nH]c1cccc(CN3CCN(C)CC3)c12. The van der Waals surface area contributed by atoms with E-state index in [-0.39, 0.29) is 5.97 Å². The van der Waals surface area contributed by atoms with Crippen molar-refractivity contribution in [1.82, 2.24) is 19.8 Å². The van der Waals surface area contributed by atoms with Gasteiger partial charge in [0, 0.05) is 49.0 Å². The number of H-pyrrole nitrogens is 1. The van der Waals surface area contributed by atoms with Crippen molar-refractivity contribution in [2.45, 2.75) is 13.5 Å². The van der Waals surface area contributed by atoms with Crippen molar-refractivity contribution in [3.63, 3.8) is 0 Å². The van der Waals surface area contributed by atoms with Gasteiger partial charge in [0.25, 0.3) is 0 Å². The van der Waals surface area contributed by atoms with Crippen molar-refractivity contribution in [1.29, 1.82) is 0 Å². The molecule has 3 aromatic rings. The highest BCUT2D eigenvalue weighted by molar-refractivity contribution is 6.10. The van der Waals surface area contributed by atoms with E-state index < -0.39 is 0 Å². The monoisotopic (exact) mass is 352 g/mol. The summed E-state index contributed by atoms with van der Waals surface area (Å²) in [6.07, 6.45) is 1.72. The number of fused-ring (bicyclic) bond motifs is 3. The van der Waals surface area contributed by atoms with Gasteiger partial charge in [-0.15, -0.1) is 0 Å². The summed E-state index contributed by atoms with van der Waals surface area (Å²) in [6.45, 7) is 7.41. The molecule has 3 heterocycles. The molecule has 136 valence electrons. The first-order valence-electron chi connectivity index (χ1n) is 9.13. The summed E-state index contributed by atoms with van der Waals surface area (Å²) in [5, 5.41) is 2.21. The zero-order valence-corrected chi connectivity index (χ0v) is 15.3. The fourth-order valence-corrected chi connectivity index (χ4v) is 3.62. The molecule has 0 amide bonds. The van der Waals surface area contributed by atoms with Crippen molar-refractivity contribution in [2.24, 2.45) is 0 Å². The lowest BCUT2D eigenvalue weighted by atomic mass is 10.1. The molecule has 0 atom stereocenters. The van der Waals surface area contributed by atoms with Gasteiger partial charge in [-0.1, -0.05) is 12.1 Å². The number of hydrogen-bond acceptors (Lipinski definition) is 5. The summed E-state index contributed by atoms with van der Waals surface area (Å²) < 4.78 is 5.10. The number of nitrogens with zero attached hydrogens (tertiary/aromatic N) is 3. The number of esters is 1. The van der Waals surface area contributed by atoms with Gasteiger partial charge < -0.3 is 14.6 Å². The van der Waals surface area contributed by atoms with Crippen LogP contribution >= 0.6 is 0 Å². The first-order valence-corrected chi connectivity index (χ1v) is 9.13. The topological polar surface area (TPSA) is 61.5 Å². The van der Waals surface area contributed by atoms with Crippen LogP contribution in [0.2, 0.25) is 0 Å². The van der Waals surface area contributed by atoms with Crippen LogP contribution < -0.4 is 0 Å². The van der Waals surface area contributed by atoms with Crippen LogP contribution in [0.4, 0.5) is 0 Å². The number of rotatable bonds is 4. The standard InChI is InChI=1S/C20H24N4O2/c1-3-26-20(25)17-11-15-18(12-21-17)22-16-6-4-5-14(19(15)16)13-24-9-7-23(2)8-10-24/h4-6,11-12,22H,3,7-10,13H2,1-2H3. The Morgan fingerprint density at radius 3 is 2.81 bits per heavy atom. The second-order valence-electron chi connectivity index (χ2n) is 6.88. The molecule has 6 nitrogen and oxygen atoms in total. The average molecular weight is 352 g/mol. The van der Waals surface area contributed by atoms with Crippen LogP contribution in [-0.2, 0) is 11.3 Å². The van der Waals surface area contributed by atoms with Gasteiger partial charge in [0.05, 0.1) is 18.3 Å². The van der Waals surface area contributed by atoms with E-state index in [1.54, 1.807) is 13.1 Å². The van der Waals surface area contributed by atoms with Crippen molar-refractivity contribution < 1.29 is 9.53 Å². The Bertz CT molecular complexity index is 942. The van der Waals surface area contributed by atoms with E-state index in [0.29, 0.717) is 12.3 Å². The van der Waals surface area contributed by atoms with Gasteiger partial charge in [-0.25, -0.2) is 9.78 Å². The molecule has 1 aromatic carbocycles. The number of ether oxygens (including phenoxy) is 1. The minimum Gasteiger partial charge on any atom is -0.461 e. The Morgan fingerprint density at radius 1 is 1.23 bits per heavy atom. The quantitative estimate of drug-likeness (QED) is 0.732. The Labute approximate surface area is 152 Å². The van der Waals surface area contributed by atoms with E-state index in [4.69, 9.17) is 4.74 Å². The molecule has 1 aliphatic rings. The van der Waals surface area contributed by atoms with Gasteiger partial charge in [0.15, 0.2) is 0 Å². The molecule has 0 radical (unpaired) electrons. The van der Waals surface area contributed by atoms with E-state index in [1.165, 1.54) is 10.9 Å². The second-order valence-corrected chi connectivity index (χ2v) is 6.88. The highest BCUT2D eigenvalue weighted by Gasteiger charge is 2.18. The van der Waals surface area contributed by atoms with Gasteiger partial charge in [-0.3, -0.25) is 4.90 Å². The summed E-state index contributed by atoms with van der Waals surface area (Å²) in [7, 11) is 2.17. The van der Waals surface area contributed by atoms with Crippen LogP contribution in [0.25, 0.3) is 21.8 Å². The highest BCUT2D eigenvalue weighted by Crippen LogP contribution is 2.29. The maximum Gasteiger partial charge on any atom is 0.356 e. The van der Waals surface area contributed by atoms with Crippen LogP contribution in [0.15, 0.2) is 30.5 Å². The van der Waals surface area contributed by atoms with Crippen molar-refractivity contribution in [2.75, 3.05) is 39.8 Å². The lowest BCUT2D eigenvalue weighted by Gasteiger charge is -2.32. The maximum atomic E-state index is 12.1. The fraction of sp³-hybridized carbons (Fsp3) is 0.400. The molecule has 0 unspecified atom stereocenters. The number of benzene rings is 1. The van der Waals surface area contributed by atoms with Crippen molar-refractivity contribution >= 4 is 27.8 Å². The van der Waals surface area contributed by atoms with E-state index in [0.717, 1.165) is 49.1 Å². The van der Waals surface area contributed by atoms with E-state index in [9.17, 15) is 4.79 Å². The van der Waals surface area contributed by atoms with E-state index >= 15 is 0 Å². The summed E-state index contributed by atoms with van der Waals surface area (Å²) in [4.78, 5) is 24.6. The molecule has 1 fully saturated rings. The van der Waals surface area contributed by atoms with Crippen molar-refractivity contribution in [3.05, 3.63) is 41.7 Å². The van der Waals surface area contributed by atoms with Gasteiger partial charge in [-0.05, 0) is 31.7 Å². The van der Waals surface area contributed by atoms with Gasteiger partial charge >= 0.3 is 5.97 Å². The number of aromatic nitrogens is 2. The number of nitrogens with one attached hydrogen (secondary N) is 1. The van der Waals surface area contributed by atoms with Gasteiger partial charge in [-0.2, -0.15) is 0 Å². The lowest BCUT2D eigenvalue weighted by molar-refractivity contribution is 0.0520. The third-order valence-electron chi connectivity index (χ3n) is 5.07. The summed E-state index contributed by atoms with van der Waals surface area (Å²) in [6, 6.07) is 8.19. The molecule has 0 aliphatic carbocycles. The molecule has 1 saturated heterocycles. The van der Waals surface area contributed by atoms with Crippen LogP contribution in [0.3, 0.4) is 0 Å². The van der Waals surface area contributed by atoms with Crippen LogP contribution in [0.1, 0.15) is 23.0 Å². The molecule has 1 aliphatic heterocycles. The molecule has 0 saturated carbocycles. The molecular weight excluding hydrogens is 328 g/mol. The number of pyridine rings is 1. The predicted molar refractivity (Wildman–Crippen MR) is 102 cm³/mol. The normalized spacial score (nSPS) is 16.4. The zero-order chi connectivity index (χ0) is 18.1. The summed E-state index contributed by atoms with van der Waals surface area (Å²) in [5.74, 6) is -0.375. The molecule has 2 aromatic heterocycles.